The molecule has 0 aromatic heterocycles. The molecule has 3 N–H and O–H groups in total. The van der Waals surface area contributed by atoms with E-state index in [2.05, 4.69) is 48.3 Å². The van der Waals surface area contributed by atoms with Crippen LogP contribution < -0.4 is 11.1 Å². The van der Waals surface area contributed by atoms with Gasteiger partial charge in [0.05, 0.1) is 0 Å². The second-order valence-electron chi connectivity index (χ2n) is 6.20. The van der Waals surface area contributed by atoms with Gasteiger partial charge in [-0.1, -0.05) is 26.0 Å². The zero-order valence-corrected chi connectivity index (χ0v) is 12.9. The van der Waals surface area contributed by atoms with Crippen molar-refractivity contribution >= 4 is 5.69 Å². The number of anilines is 1. The molecule has 1 aromatic carbocycles. The fourth-order valence-corrected chi connectivity index (χ4v) is 2.60. The molecule has 0 amide bonds. The summed E-state index contributed by atoms with van der Waals surface area (Å²) in [5.41, 5.74) is 8.49. The summed E-state index contributed by atoms with van der Waals surface area (Å²) in [6, 6.07) is 9.05. The molecule has 3 nitrogen and oxygen atoms in total. The Hall–Kier alpha value is -1.06. The average molecular weight is 275 g/mol. The highest BCUT2D eigenvalue weighted by molar-refractivity contribution is 5.44. The molecule has 0 aliphatic carbocycles. The first-order valence-electron chi connectivity index (χ1n) is 7.98. The van der Waals surface area contributed by atoms with Gasteiger partial charge in [-0.05, 0) is 56.0 Å². The Morgan fingerprint density at radius 2 is 1.90 bits per heavy atom. The number of likely N-dealkylation sites (tertiary alicyclic amines) is 1. The van der Waals surface area contributed by atoms with Crippen molar-refractivity contribution in [3.63, 3.8) is 0 Å². The molecule has 1 atom stereocenters. The predicted octanol–water partition coefficient (Wildman–Crippen LogP) is 3.07. The molecule has 0 spiro atoms. The van der Waals surface area contributed by atoms with Crippen molar-refractivity contribution in [1.82, 2.24) is 4.90 Å². The lowest BCUT2D eigenvalue weighted by Crippen LogP contribution is -2.32. The molecule has 2 rings (SSSR count). The Balaban J connectivity index is 1.79. The van der Waals surface area contributed by atoms with E-state index in [9.17, 15) is 0 Å². The van der Waals surface area contributed by atoms with Gasteiger partial charge in [0, 0.05) is 24.8 Å². The van der Waals surface area contributed by atoms with Gasteiger partial charge in [-0.3, -0.25) is 4.90 Å². The van der Waals surface area contributed by atoms with Gasteiger partial charge in [0.2, 0.25) is 0 Å². The fourth-order valence-electron chi connectivity index (χ4n) is 2.60. The summed E-state index contributed by atoms with van der Waals surface area (Å²) in [5, 5.41) is 3.39. The van der Waals surface area contributed by atoms with Gasteiger partial charge in [0.1, 0.15) is 0 Å². The van der Waals surface area contributed by atoms with Crippen molar-refractivity contribution in [2.45, 2.75) is 45.7 Å². The molecule has 1 fully saturated rings. The summed E-state index contributed by atoms with van der Waals surface area (Å²) in [5.74, 6) is 0.903. The Kier molecular flexibility index (Phi) is 5.86. The van der Waals surface area contributed by atoms with Crippen molar-refractivity contribution in [1.29, 1.82) is 0 Å². The quantitative estimate of drug-likeness (QED) is 0.838. The molecule has 0 saturated carbocycles. The molecule has 1 aromatic rings. The number of nitrogens with one attached hydrogen (secondary N) is 1. The zero-order valence-electron chi connectivity index (χ0n) is 12.9. The Morgan fingerprint density at radius 1 is 1.25 bits per heavy atom. The molecule has 20 heavy (non-hydrogen) atoms. The molecule has 3 heteroatoms. The number of hydrogen-bond donors (Lipinski definition) is 2. The van der Waals surface area contributed by atoms with Gasteiger partial charge in [-0.15, -0.1) is 0 Å². The van der Waals surface area contributed by atoms with Gasteiger partial charge in [-0.25, -0.2) is 0 Å². The maximum atomic E-state index is 5.92. The van der Waals surface area contributed by atoms with Gasteiger partial charge < -0.3 is 11.1 Å². The summed E-state index contributed by atoms with van der Waals surface area (Å²) >= 11 is 0. The molecule has 0 radical (unpaired) electrons. The van der Waals surface area contributed by atoms with E-state index >= 15 is 0 Å². The van der Waals surface area contributed by atoms with E-state index in [1.807, 2.05) is 0 Å². The van der Waals surface area contributed by atoms with Crippen LogP contribution in [0.4, 0.5) is 5.69 Å². The van der Waals surface area contributed by atoms with Crippen LogP contribution in [0.1, 0.15) is 38.7 Å². The maximum Gasteiger partial charge on any atom is 0.0340 e. The third-order valence-corrected chi connectivity index (χ3v) is 4.33. The third kappa shape index (κ3) is 4.80. The largest absolute Gasteiger partial charge is 0.383 e. The smallest absolute Gasteiger partial charge is 0.0340 e. The fraction of sp³-hybridized carbons (Fsp3) is 0.647. The first kappa shape index (κ1) is 15.3. The van der Waals surface area contributed by atoms with Crippen LogP contribution in [0.5, 0.6) is 0 Å². The summed E-state index contributed by atoms with van der Waals surface area (Å²) in [6.45, 7) is 8.90. The second-order valence-corrected chi connectivity index (χ2v) is 6.20. The second kappa shape index (κ2) is 7.65. The van der Waals surface area contributed by atoms with Crippen molar-refractivity contribution in [3.8, 4) is 0 Å². The lowest BCUT2D eigenvalue weighted by molar-refractivity contribution is 0.185. The van der Waals surface area contributed by atoms with Gasteiger partial charge in [0.15, 0.2) is 0 Å². The van der Waals surface area contributed by atoms with Crippen LogP contribution in [0, 0.1) is 5.92 Å². The minimum atomic E-state index is 0.241. The number of nitrogens with zero attached hydrogens (tertiary/aromatic N) is 1. The van der Waals surface area contributed by atoms with Crippen LogP contribution in [0.2, 0.25) is 0 Å². The number of nitrogens with two attached hydrogens (primary N) is 1. The van der Waals surface area contributed by atoms with Crippen molar-refractivity contribution in [2.24, 2.45) is 11.7 Å². The molecule has 112 valence electrons. The first-order chi connectivity index (χ1) is 9.67. The predicted molar refractivity (Wildman–Crippen MR) is 86.9 cm³/mol. The third-order valence-electron chi connectivity index (χ3n) is 4.33. The van der Waals surface area contributed by atoms with E-state index in [1.165, 1.54) is 37.2 Å². The van der Waals surface area contributed by atoms with E-state index in [4.69, 9.17) is 5.73 Å². The molecule has 0 bridgehead atoms. The maximum absolute atomic E-state index is 5.92. The van der Waals surface area contributed by atoms with Crippen molar-refractivity contribution in [3.05, 3.63) is 29.8 Å². The normalized spacial score (nSPS) is 18.9. The lowest BCUT2D eigenvalue weighted by Gasteiger charge is -2.30. The summed E-state index contributed by atoms with van der Waals surface area (Å²) in [6.07, 6.45) is 3.70. The van der Waals surface area contributed by atoms with E-state index in [0.717, 1.165) is 25.4 Å². The topological polar surface area (TPSA) is 41.3 Å². The molecular weight excluding hydrogens is 246 g/mol. The van der Waals surface area contributed by atoms with E-state index < -0.39 is 0 Å². The summed E-state index contributed by atoms with van der Waals surface area (Å²) in [4.78, 5) is 2.56. The van der Waals surface area contributed by atoms with Crippen LogP contribution in [0.15, 0.2) is 24.3 Å². The number of piperidine rings is 1. The SMILES string of the molecule is CCC(N)CNc1ccc(CN2CCC(C)CC2)cc1. The van der Waals surface area contributed by atoms with Crippen LogP contribution in [0.3, 0.4) is 0 Å². The van der Waals surface area contributed by atoms with Crippen LogP contribution >= 0.6 is 0 Å². The first-order valence-corrected chi connectivity index (χ1v) is 7.98. The zero-order chi connectivity index (χ0) is 14.4. The van der Waals surface area contributed by atoms with Gasteiger partial charge >= 0.3 is 0 Å². The van der Waals surface area contributed by atoms with Gasteiger partial charge in [0.25, 0.3) is 0 Å². The Labute approximate surface area is 123 Å². The number of benzene rings is 1. The molecule has 1 aliphatic rings. The molecule has 1 heterocycles. The highest BCUT2D eigenvalue weighted by atomic mass is 15.1. The van der Waals surface area contributed by atoms with E-state index in [0.29, 0.717) is 0 Å². The highest BCUT2D eigenvalue weighted by Gasteiger charge is 2.15. The molecule has 1 unspecified atom stereocenters. The lowest BCUT2D eigenvalue weighted by atomic mass is 9.99. The number of rotatable bonds is 6. The van der Waals surface area contributed by atoms with Crippen molar-refractivity contribution < 1.29 is 0 Å². The summed E-state index contributed by atoms with van der Waals surface area (Å²) < 4.78 is 0. The van der Waals surface area contributed by atoms with Crippen LogP contribution in [-0.2, 0) is 6.54 Å². The summed E-state index contributed by atoms with van der Waals surface area (Å²) in [7, 11) is 0. The van der Waals surface area contributed by atoms with Gasteiger partial charge in [-0.2, -0.15) is 0 Å². The molecular formula is C17H29N3. The Morgan fingerprint density at radius 3 is 2.50 bits per heavy atom. The van der Waals surface area contributed by atoms with E-state index in [1.54, 1.807) is 0 Å². The minimum Gasteiger partial charge on any atom is -0.383 e. The molecule has 1 aliphatic heterocycles. The molecule has 1 saturated heterocycles. The monoisotopic (exact) mass is 275 g/mol. The average Bonchev–Trinajstić information content (AvgIpc) is 2.48. The Bertz CT molecular complexity index is 380. The highest BCUT2D eigenvalue weighted by Crippen LogP contribution is 2.19. The standard InChI is InChI=1S/C17H29N3/c1-3-16(18)12-19-17-6-4-15(5-7-17)13-20-10-8-14(2)9-11-20/h4-7,14,16,19H,3,8-13,18H2,1-2H3. The van der Waals surface area contributed by atoms with Crippen LogP contribution in [-0.4, -0.2) is 30.6 Å². The number of hydrogen-bond acceptors (Lipinski definition) is 3. The van der Waals surface area contributed by atoms with Crippen molar-refractivity contribution in [2.75, 3.05) is 25.0 Å². The minimum absolute atomic E-state index is 0.241. The van der Waals surface area contributed by atoms with Crippen LogP contribution in [0.25, 0.3) is 0 Å². The van der Waals surface area contributed by atoms with E-state index in [-0.39, 0.29) is 6.04 Å².